The molecular weight excluding hydrogens is 328 g/mol. The molecule has 1 saturated heterocycles. The predicted molar refractivity (Wildman–Crippen MR) is 92.8 cm³/mol. The third kappa shape index (κ3) is 3.96. The van der Waals surface area contributed by atoms with Crippen molar-refractivity contribution in [2.75, 3.05) is 45.3 Å². The predicted octanol–water partition coefficient (Wildman–Crippen LogP) is 2.07. The molecule has 0 radical (unpaired) electrons. The standard InChI is InChI=1S/C17H24N2O4S/c1-22-17(21)15-12-5-3-2-4-6-13(12)24-16(15)18-14(20)11-19-7-9-23-10-8-19/h2-11H2,1H3,(H,18,20). The maximum Gasteiger partial charge on any atom is 0.341 e. The summed E-state index contributed by atoms with van der Waals surface area (Å²) >= 11 is 1.53. The zero-order valence-electron chi connectivity index (χ0n) is 14.1. The summed E-state index contributed by atoms with van der Waals surface area (Å²) in [6.07, 6.45) is 5.25. The number of nitrogens with zero attached hydrogens (tertiary/aromatic N) is 1. The molecule has 0 saturated carbocycles. The molecule has 1 amide bonds. The van der Waals surface area contributed by atoms with Crippen molar-refractivity contribution < 1.29 is 19.1 Å². The Morgan fingerprint density at radius 2 is 1.96 bits per heavy atom. The van der Waals surface area contributed by atoms with Crippen LogP contribution in [0, 0.1) is 0 Å². The molecule has 1 aromatic rings. The van der Waals surface area contributed by atoms with E-state index in [0.29, 0.717) is 30.3 Å². The number of aryl methyl sites for hydroxylation is 1. The smallest absolute Gasteiger partial charge is 0.341 e. The van der Waals surface area contributed by atoms with Crippen LogP contribution in [0.1, 0.15) is 40.1 Å². The van der Waals surface area contributed by atoms with E-state index in [-0.39, 0.29) is 11.9 Å². The number of fused-ring (bicyclic) bond motifs is 1. The van der Waals surface area contributed by atoms with E-state index in [1.54, 1.807) is 0 Å². The lowest BCUT2D eigenvalue weighted by molar-refractivity contribution is -0.118. The van der Waals surface area contributed by atoms with E-state index in [1.807, 2.05) is 0 Å². The number of hydrogen-bond donors (Lipinski definition) is 1. The minimum absolute atomic E-state index is 0.0848. The van der Waals surface area contributed by atoms with Gasteiger partial charge in [-0.2, -0.15) is 0 Å². The van der Waals surface area contributed by atoms with Crippen molar-refractivity contribution in [1.29, 1.82) is 0 Å². The van der Waals surface area contributed by atoms with Gasteiger partial charge in [-0.25, -0.2) is 4.79 Å². The quantitative estimate of drug-likeness (QED) is 0.664. The molecule has 132 valence electrons. The number of anilines is 1. The van der Waals surface area contributed by atoms with Crippen molar-refractivity contribution in [3.05, 3.63) is 16.0 Å². The summed E-state index contributed by atoms with van der Waals surface area (Å²) < 4.78 is 10.3. The number of nitrogens with one attached hydrogen (secondary N) is 1. The van der Waals surface area contributed by atoms with Crippen LogP contribution >= 0.6 is 11.3 Å². The number of methoxy groups -OCH3 is 1. The molecule has 1 aromatic heterocycles. The first-order chi connectivity index (χ1) is 11.7. The molecule has 1 aliphatic carbocycles. The highest BCUT2D eigenvalue weighted by Gasteiger charge is 2.26. The number of carbonyl (C=O) groups is 2. The van der Waals surface area contributed by atoms with Gasteiger partial charge in [-0.05, 0) is 31.2 Å². The van der Waals surface area contributed by atoms with Crippen LogP contribution in [0.3, 0.4) is 0 Å². The Hall–Kier alpha value is -1.44. The fraction of sp³-hybridized carbons (Fsp3) is 0.647. The van der Waals surface area contributed by atoms with E-state index in [2.05, 4.69) is 10.2 Å². The first-order valence-electron chi connectivity index (χ1n) is 8.52. The molecular formula is C17H24N2O4S. The van der Waals surface area contributed by atoms with Gasteiger partial charge in [0.15, 0.2) is 0 Å². The van der Waals surface area contributed by atoms with E-state index < -0.39 is 0 Å². The van der Waals surface area contributed by atoms with Gasteiger partial charge in [0.05, 0.1) is 32.4 Å². The fourth-order valence-corrected chi connectivity index (χ4v) is 4.57. The highest BCUT2D eigenvalue weighted by atomic mass is 32.1. The van der Waals surface area contributed by atoms with E-state index in [1.165, 1.54) is 29.7 Å². The number of thiophene rings is 1. The normalized spacial score (nSPS) is 18.5. The Morgan fingerprint density at radius 1 is 1.21 bits per heavy atom. The molecule has 0 bridgehead atoms. The first kappa shape index (κ1) is 17.4. The highest BCUT2D eigenvalue weighted by Crippen LogP contribution is 2.37. The van der Waals surface area contributed by atoms with Crippen LogP contribution < -0.4 is 5.32 Å². The van der Waals surface area contributed by atoms with Crippen LogP contribution in [0.25, 0.3) is 0 Å². The zero-order valence-corrected chi connectivity index (χ0v) is 14.9. The summed E-state index contributed by atoms with van der Waals surface area (Å²) in [5.41, 5.74) is 1.64. The van der Waals surface area contributed by atoms with Crippen LogP contribution in [0.15, 0.2) is 0 Å². The molecule has 0 spiro atoms. The van der Waals surface area contributed by atoms with Gasteiger partial charge < -0.3 is 14.8 Å². The summed E-state index contributed by atoms with van der Waals surface area (Å²) in [7, 11) is 1.39. The van der Waals surface area contributed by atoms with E-state index in [9.17, 15) is 9.59 Å². The van der Waals surface area contributed by atoms with Gasteiger partial charge in [0, 0.05) is 18.0 Å². The lowest BCUT2D eigenvalue weighted by atomic mass is 10.1. The summed E-state index contributed by atoms with van der Waals surface area (Å²) in [6.45, 7) is 3.17. The molecule has 24 heavy (non-hydrogen) atoms. The number of carbonyl (C=O) groups excluding carboxylic acids is 2. The molecule has 0 atom stereocenters. The first-order valence-corrected chi connectivity index (χ1v) is 9.33. The van der Waals surface area contributed by atoms with Crippen molar-refractivity contribution in [3.8, 4) is 0 Å². The van der Waals surface area contributed by atoms with Crippen molar-refractivity contribution in [2.45, 2.75) is 32.1 Å². The lowest BCUT2D eigenvalue weighted by Crippen LogP contribution is -2.41. The molecule has 1 aliphatic heterocycles. The summed E-state index contributed by atoms with van der Waals surface area (Å²) in [5, 5.41) is 3.59. The Labute approximate surface area is 146 Å². The van der Waals surface area contributed by atoms with Crippen LogP contribution in [0.4, 0.5) is 5.00 Å². The minimum atomic E-state index is -0.351. The van der Waals surface area contributed by atoms with Gasteiger partial charge in [-0.1, -0.05) is 6.42 Å². The van der Waals surface area contributed by atoms with Gasteiger partial charge in [0.1, 0.15) is 5.00 Å². The van der Waals surface area contributed by atoms with E-state index >= 15 is 0 Å². The van der Waals surface area contributed by atoms with Crippen molar-refractivity contribution in [1.82, 2.24) is 4.90 Å². The molecule has 2 heterocycles. The van der Waals surface area contributed by atoms with E-state index in [4.69, 9.17) is 9.47 Å². The molecule has 7 heteroatoms. The molecule has 0 aromatic carbocycles. The average molecular weight is 352 g/mol. The van der Waals surface area contributed by atoms with Gasteiger partial charge in [0.2, 0.25) is 5.91 Å². The maximum atomic E-state index is 12.4. The number of amides is 1. The summed E-state index contributed by atoms with van der Waals surface area (Å²) in [4.78, 5) is 27.9. The number of morpholine rings is 1. The van der Waals surface area contributed by atoms with Crippen LogP contribution in [0.5, 0.6) is 0 Å². The number of ether oxygens (including phenoxy) is 2. The zero-order chi connectivity index (χ0) is 16.9. The molecule has 2 aliphatic rings. The second kappa shape index (κ2) is 8.09. The van der Waals surface area contributed by atoms with Gasteiger partial charge >= 0.3 is 5.97 Å². The fourth-order valence-electron chi connectivity index (χ4n) is 3.28. The molecule has 0 unspecified atom stereocenters. The Kier molecular flexibility index (Phi) is 5.86. The third-order valence-corrected chi connectivity index (χ3v) is 5.74. The van der Waals surface area contributed by atoms with Crippen molar-refractivity contribution in [2.24, 2.45) is 0 Å². The van der Waals surface area contributed by atoms with Gasteiger partial charge in [-0.3, -0.25) is 9.69 Å². The second-order valence-electron chi connectivity index (χ2n) is 6.20. The second-order valence-corrected chi connectivity index (χ2v) is 7.30. The minimum Gasteiger partial charge on any atom is -0.465 e. The average Bonchev–Trinajstić information content (AvgIpc) is 2.76. The molecule has 6 nitrogen and oxygen atoms in total. The molecule has 1 fully saturated rings. The van der Waals surface area contributed by atoms with Crippen LogP contribution in [0.2, 0.25) is 0 Å². The maximum absolute atomic E-state index is 12.4. The van der Waals surface area contributed by atoms with Crippen molar-refractivity contribution in [3.63, 3.8) is 0 Å². The van der Waals surface area contributed by atoms with Crippen LogP contribution in [-0.4, -0.2) is 56.7 Å². The van der Waals surface area contributed by atoms with E-state index in [0.717, 1.165) is 44.3 Å². The summed E-state index contributed by atoms with van der Waals surface area (Å²) in [5.74, 6) is -0.436. The third-order valence-electron chi connectivity index (χ3n) is 4.53. The number of rotatable bonds is 4. The SMILES string of the molecule is COC(=O)c1c(NC(=O)CN2CCOCC2)sc2c1CCCCC2. The number of hydrogen-bond acceptors (Lipinski definition) is 6. The van der Waals surface area contributed by atoms with Crippen molar-refractivity contribution >= 4 is 28.2 Å². The topological polar surface area (TPSA) is 67.9 Å². The Balaban J connectivity index is 1.76. The summed E-state index contributed by atoms with van der Waals surface area (Å²) in [6, 6.07) is 0. The Bertz CT molecular complexity index is 608. The Morgan fingerprint density at radius 3 is 2.71 bits per heavy atom. The lowest BCUT2D eigenvalue weighted by Gasteiger charge is -2.25. The highest BCUT2D eigenvalue weighted by molar-refractivity contribution is 7.17. The van der Waals surface area contributed by atoms with Gasteiger partial charge in [-0.15, -0.1) is 11.3 Å². The van der Waals surface area contributed by atoms with Gasteiger partial charge in [0.25, 0.3) is 0 Å². The monoisotopic (exact) mass is 352 g/mol. The van der Waals surface area contributed by atoms with Crippen LogP contribution in [-0.2, 0) is 27.1 Å². The largest absolute Gasteiger partial charge is 0.465 e. The number of esters is 1. The molecule has 3 rings (SSSR count). The molecule has 1 N–H and O–H groups in total.